The largest absolute Gasteiger partial charge is 0.454 e. The van der Waals surface area contributed by atoms with Gasteiger partial charge in [-0.25, -0.2) is 0 Å². The van der Waals surface area contributed by atoms with E-state index in [1.54, 1.807) is 0 Å². The molecular formula is C25H24N2O. The van der Waals surface area contributed by atoms with Gasteiger partial charge in [0.1, 0.15) is 5.58 Å². The van der Waals surface area contributed by atoms with E-state index in [2.05, 4.69) is 84.3 Å². The predicted molar refractivity (Wildman–Crippen MR) is 115 cm³/mol. The molecule has 4 aromatic rings. The minimum absolute atomic E-state index is 0.337. The summed E-state index contributed by atoms with van der Waals surface area (Å²) in [6, 6.07) is 22.2. The van der Waals surface area contributed by atoms with Crippen LogP contribution in [0.15, 0.2) is 65.1 Å². The maximum absolute atomic E-state index is 6.44. The van der Waals surface area contributed by atoms with Crippen LogP contribution in [0.2, 0.25) is 0 Å². The van der Waals surface area contributed by atoms with E-state index < -0.39 is 0 Å². The fourth-order valence-corrected chi connectivity index (χ4v) is 5.33. The number of furan rings is 1. The van der Waals surface area contributed by atoms with Crippen LogP contribution in [0.1, 0.15) is 36.1 Å². The van der Waals surface area contributed by atoms with Gasteiger partial charge in [-0.15, -0.1) is 0 Å². The first-order valence-corrected chi connectivity index (χ1v) is 10.2. The maximum Gasteiger partial charge on any atom is 0.159 e. The molecule has 3 aromatic carbocycles. The second kappa shape index (κ2) is 5.86. The van der Waals surface area contributed by atoms with Crippen molar-refractivity contribution in [1.82, 2.24) is 4.90 Å². The lowest BCUT2D eigenvalue weighted by Gasteiger charge is -2.46. The molecule has 7 rings (SSSR count). The Kier molecular flexibility index (Phi) is 3.39. The number of hydrogen-bond donors (Lipinski definition) is 0. The van der Waals surface area contributed by atoms with Gasteiger partial charge in [0.05, 0.1) is 17.9 Å². The highest BCUT2D eigenvalue weighted by Crippen LogP contribution is 2.46. The summed E-state index contributed by atoms with van der Waals surface area (Å²) in [6.07, 6.45) is 1.49. The number of aryl methyl sites for hydroxylation is 1. The Morgan fingerprint density at radius 1 is 0.929 bits per heavy atom. The average Bonchev–Trinajstić information content (AvgIpc) is 2.92. The molecule has 0 amide bonds. The van der Waals surface area contributed by atoms with Crippen LogP contribution in [-0.4, -0.2) is 17.6 Å². The molecule has 3 aliphatic rings. The smallest absolute Gasteiger partial charge is 0.159 e. The second-order valence-electron chi connectivity index (χ2n) is 8.22. The van der Waals surface area contributed by atoms with Crippen LogP contribution in [0.4, 0.5) is 5.69 Å². The number of hydrogen-bond acceptors (Lipinski definition) is 3. The average molecular weight is 368 g/mol. The van der Waals surface area contributed by atoms with Crippen molar-refractivity contribution in [2.45, 2.75) is 39.0 Å². The van der Waals surface area contributed by atoms with Crippen molar-refractivity contribution >= 4 is 27.6 Å². The molecule has 28 heavy (non-hydrogen) atoms. The molecule has 1 fully saturated rings. The monoisotopic (exact) mass is 368 g/mol. The van der Waals surface area contributed by atoms with E-state index in [1.807, 2.05) is 0 Å². The fraction of sp³-hybridized carbons (Fsp3) is 0.280. The summed E-state index contributed by atoms with van der Waals surface area (Å²) in [5.74, 6) is 0. The van der Waals surface area contributed by atoms with Crippen molar-refractivity contribution in [3.63, 3.8) is 0 Å². The highest BCUT2D eigenvalue weighted by atomic mass is 16.3. The zero-order valence-corrected chi connectivity index (χ0v) is 16.4. The molecule has 0 radical (unpaired) electrons. The molecule has 3 aliphatic heterocycles. The number of rotatable bonds is 1. The number of fused-ring (bicyclic) bond motifs is 5. The molecule has 1 saturated heterocycles. The van der Waals surface area contributed by atoms with Gasteiger partial charge in [0, 0.05) is 23.9 Å². The zero-order valence-electron chi connectivity index (χ0n) is 16.4. The molecule has 2 bridgehead atoms. The van der Waals surface area contributed by atoms with Gasteiger partial charge in [0.25, 0.3) is 0 Å². The first-order chi connectivity index (χ1) is 13.7. The van der Waals surface area contributed by atoms with Crippen LogP contribution in [0.3, 0.4) is 0 Å². The molecule has 0 saturated carbocycles. The van der Waals surface area contributed by atoms with Gasteiger partial charge in [-0.1, -0.05) is 54.6 Å². The van der Waals surface area contributed by atoms with Crippen LogP contribution in [0.5, 0.6) is 0 Å². The van der Waals surface area contributed by atoms with E-state index in [-0.39, 0.29) is 0 Å². The van der Waals surface area contributed by atoms with E-state index >= 15 is 0 Å². The quantitative estimate of drug-likeness (QED) is 0.410. The summed E-state index contributed by atoms with van der Waals surface area (Å²) in [4.78, 5) is 5.22. The standard InChI is InChI=1S/C25H24N2O/c1-16-11-12-21-20-9-5-6-10-23(20)28-25(21)24(16)27-17(2)26-14-13-22(27)19-8-4-3-7-18(19)15-26/h3-12,17,22H,13-15H2,1-2H3/t17-,22?/m0/s1. The molecule has 3 heteroatoms. The summed E-state index contributed by atoms with van der Waals surface area (Å²) < 4.78 is 6.44. The number of para-hydroxylation sites is 1. The van der Waals surface area contributed by atoms with Crippen molar-refractivity contribution in [3.05, 3.63) is 77.4 Å². The Bertz CT molecular complexity index is 1210. The SMILES string of the molecule is Cc1ccc2c(oc3ccccc32)c1N1C2CCN(Cc3ccccc32)[C@@H]1C. The first kappa shape index (κ1) is 16.2. The van der Waals surface area contributed by atoms with Crippen LogP contribution in [0.25, 0.3) is 21.9 Å². The van der Waals surface area contributed by atoms with Gasteiger partial charge in [0.2, 0.25) is 0 Å². The molecule has 3 atom stereocenters. The number of anilines is 1. The summed E-state index contributed by atoms with van der Waals surface area (Å²) >= 11 is 0. The molecule has 3 nitrogen and oxygen atoms in total. The van der Waals surface area contributed by atoms with Crippen LogP contribution in [0, 0.1) is 6.92 Å². The molecule has 4 heterocycles. The van der Waals surface area contributed by atoms with Crippen LogP contribution < -0.4 is 4.90 Å². The van der Waals surface area contributed by atoms with Gasteiger partial charge in [-0.2, -0.15) is 0 Å². The van der Waals surface area contributed by atoms with E-state index in [0.29, 0.717) is 12.2 Å². The molecule has 140 valence electrons. The van der Waals surface area contributed by atoms with Crippen molar-refractivity contribution in [3.8, 4) is 0 Å². The Hall–Kier alpha value is -2.78. The molecule has 0 spiro atoms. The molecule has 1 aromatic heterocycles. The minimum atomic E-state index is 0.337. The topological polar surface area (TPSA) is 19.6 Å². The summed E-state index contributed by atoms with van der Waals surface area (Å²) in [5, 5.41) is 2.42. The number of nitrogens with zero attached hydrogens (tertiary/aromatic N) is 2. The lowest BCUT2D eigenvalue weighted by molar-refractivity contribution is 0.154. The Balaban J connectivity index is 1.64. The minimum Gasteiger partial charge on any atom is -0.454 e. The van der Waals surface area contributed by atoms with E-state index in [9.17, 15) is 0 Å². The maximum atomic E-state index is 6.44. The van der Waals surface area contributed by atoms with Crippen molar-refractivity contribution < 1.29 is 4.42 Å². The summed E-state index contributed by atoms with van der Waals surface area (Å²) in [6.45, 7) is 6.74. The van der Waals surface area contributed by atoms with Gasteiger partial charge in [-0.3, -0.25) is 4.90 Å². The third kappa shape index (κ3) is 2.14. The van der Waals surface area contributed by atoms with Crippen molar-refractivity contribution in [2.24, 2.45) is 0 Å². The van der Waals surface area contributed by atoms with Crippen molar-refractivity contribution in [2.75, 3.05) is 11.4 Å². The molecule has 0 N–H and O–H groups in total. The fourth-order valence-electron chi connectivity index (χ4n) is 5.33. The van der Waals surface area contributed by atoms with E-state index in [1.165, 1.54) is 33.2 Å². The van der Waals surface area contributed by atoms with Gasteiger partial charge in [-0.05, 0) is 43.0 Å². The third-order valence-corrected chi connectivity index (χ3v) is 6.72. The highest BCUT2D eigenvalue weighted by molar-refractivity contribution is 6.09. The molecule has 2 unspecified atom stereocenters. The molecule has 0 aliphatic carbocycles. The van der Waals surface area contributed by atoms with Gasteiger partial charge in [0.15, 0.2) is 5.58 Å². The van der Waals surface area contributed by atoms with Crippen molar-refractivity contribution in [1.29, 1.82) is 0 Å². The summed E-state index contributed by atoms with van der Waals surface area (Å²) in [7, 11) is 0. The second-order valence-corrected chi connectivity index (χ2v) is 8.22. The third-order valence-electron chi connectivity index (χ3n) is 6.72. The Morgan fingerprint density at radius 3 is 2.68 bits per heavy atom. The normalized spacial score (nSPS) is 23.9. The molecular weight excluding hydrogens is 344 g/mol. The van der Waals surface area contributed by atoms with Crippen LogP contribution in [-0.2, 0) is 6.54 Å². The Morgan fingerprint density at radius 2 is 1.75 bits per heavy atom. The van der Waals surface area contributed by atoms with E-state index in [0.717, 1.165) is 30.7 Å². The first-order valence-electron chi connectivity index (χ1n) is 10.2. The number of benzene rings is 3. The van der Waals surface area contributed by atoms with Gasteiger partial charge >= 0.3 is 0 Å². The lowest BCUT2D eigenvalue weighted by atomic mass is 9.95. The summed E-state index contributed by atoms with van der Waals surface area (Å²) in [5.41, 5.74) is 7.48. The Labute approximate surface area is 165 Å². The van der Waals surface area contributed by atoms with E-state index in [4.69, 9.17) is 4.42 Å². The highest BCUT2D eigenvalue weighted by Gasteiger charge is 2.40. The zero-order chi connectivity index (χ0) is 18.8. The van der Waals surface area contributed by atoms with Gasteiger partial charge < -0.3 is 9.32 Å². The predicted octanol–water partition coefficient (Wildman–Crippen LogP) is 6.01. The van der Waals surface area contributed by atoms with Crippen LogP contribution >= 0.6 is 0 Å². The lowest BCUT2D eigenvalue weighted by Crippen LogP contribution is -2.51.